The number of carbonyl (C=O) groups is 2. The highest BCUT2D eigenvalue weighted by Gasteiger charge is 2.33. The van der Waals surface area contributed by atoms with Crippen molar-refractivity contribution in [2.45, 2.75) is 65.0 Å². The molecule has 6 heteroatoms. The van der Waals surface area contributed by atoms with Crippen molar-refractivity contribution in [2.75, 3.05) is 18.0 Å². The highest BCUT2D eigenvalue weighted by Crippen LogP contribution is 2.31. The number of carbonyl (C=O) groups excluding carboxylic acids is 2. The zero-order valence-corrected chi connectivity index (χ0v) is 17.1. The van der Waals surface area contributed by atoms with E-state index in [1.165, 1.54) is 18.5 Å². The topological polar surface area (TPSA) is 70.7 Å². The average molecular weight is 386 g/mol. The Labute approximate surface area is 167 Å². The second-order valence-corrected chi connectivity index (χ2v) is 7.77. The molecule has 3 rings (SSSR count). The first-order valence-electron chi connectivity index (χ1n) is 10.4. The van der Waals surface area contributed by atoms with Gasteiger partial charge in [-0.2, -0.15) is 0 Å². The van der Waals surface area contributed by atoms with Crippen LogP contribution in [0.1, 0.15) is 64.5 Å². The number of hydrogen-bond acceptors (Lipinski definition) is 4. The number of esters is 1. The van der Waals surface area contributed by atoms with Crippen LogP contribution in [-0.2, 0) is 9.53 Å². The fraction of sp³-hybridized carbons (Fsp3) is 0.545. The summed E-state index contributed by atoms with van der Waals surface area (Å²) < 4.78 is 5.50. The number of nitrogens with zero attached hydrogens (tertiary/aromatic N) is 1. The molecule has 28 heavy (non-hydrogen) atoms. The second kappa shape index (κ2) is 9.13. The number of unbranched alkanes of at least 4 members (excludes halogenated alkanes) is 1. The normalized spacial score (nSPS) is 19.6. The molecule has 1 saturated heterocycles. The van der Waals surface area contributed by atoms with E-state index in [1.807, 2.05) is 26.0 Å². The molecular formula is C22H31N3O3. The van der Waals surface area contributed by atoms with Crippen LogP contribution in [0.2, 0.25) is 0 Å². The van der Waals surface area contributed by atoms with E-state index < -0.39 is 6.04 Å². The molecular weight excluding hydrogens is 354 g/mol. The molecule has 2 heterocycles. The molecule has 152 valence electrons. The first-order valence-corrected chi connectivity index (χ1v) is 10.4. The number of urea groups is 1. The summed E-state index contributed by atoms with van der Waals surface area (Å²) in [6.07, 6.45) is 4.75. The van der Waals surface area contributed by atoms with Gasteiger partial charge in [-0.25, -0.2) is 9.59 Å². The van der Waals surface area contributed by atoms with Crippen molar-refractivity contribution in [1.29, 1.82) is 0 Å². The molecule has 1 unspecified atom stereocenters. The summed E-state index contributed by atoms with van der Waals surface area (Å²) in [6.45, 7) is 7.91. The van der Waals surface area contributed by atoms with Crippen LogP contribution < -0.4 is 15.5 Å². The molecule has 0 aliphatic carbocycles. The molecule has 1 atom stereocenters. The highest BCUT2D eigenvalue weighted by atomic mass is 16.5. The Bertz CT molecular complexity index is 734. The molecule has 2 aliphatic rings. The van der Waals surface area contributed by atoms with Gasteiger partial charge in [-0.1, -0.05) is 25.5 Å². The molecule has 1 aromatic carbocycles. The zero-order chi connectivity index (χ0) is 20.1. The molecule has 6 nitrogen and oxygen atoms in total. The number of hydrogen-bond donors (Lipinski definition) is 2. The summed E-state index contributed by atoms with van der Waals surface area (Å²) >= 11 is 0. The molecule has 0 radical (unpaired) electrons. The molecule has 0 aromatic heterocycles. The molecule has 0 bridgehead atoms. The van der Waals surface area contributed by atoms with E-state index >= 15 is 0 Å². The minimum Gasteiger partial charge on any atom is -0.459 e. The number of ether oxygens (including phenoxy) is 1. The smallest absolute Gasteiger partial charge is 0.338 e. The summed E-state index contributed by atoms with van der Waals surface area (Å²) in [5.41, 5.74) is 3.26. The van der Waals surface area contributed by atoms with Gasteiger partial charge < -0.3 is 20.3 Å². The summed E-state index contributed by atoms with van der Waals surface area (Å²) in [7, 11) is 0. The van der Waals surface area contributed by atoms with Gasteiger partial charge >= 0.3 is 12.0 Å². The molecule has 2 N–H and O–H groups in total. The summed E-state index contributed by atoms with van der Waals surface area (Å²) in [5, 5.41) is 5.74. The van der Waals surface area contributed by atoms with Gasteiger partial charge in [0.15, 0.2) is 0 Å². The van der Waals surface area contributed by atoms with Gasteiger partial charge in [0.05, 0.1) is 17.7 Å². The summed E-state index contributed by atoms with van der Waals surface area (Å²) in [6, 6.07) is 7.38. The predicted octanol–water partition coefficient (Wildman–Crippen LogP) is 4.04. The van der Waals surface area contributed by atoms with Gasteiger partial charge in [0.1, 0.15) is 0 Å². The average Bonchev–Trinajstić information content (AvgIpc) is 3.20. The number of benzene rings is 1. The fourth-order valence-corrected chi connectivity index (χ4v) is 3.79. The summed E-state index contributed by atoms with van der Waals surface area (Å²) in [5.74, 6) is -0.373. The van der Waals surface area contributed by atoms with E-state index in [0.29, 0.717) is 17.7 Å². The van der Waals surface area contributed by atoms with Crippen molar-refractivity contribution in [3.63, 3.8) is 0 Å². The first kappa shape index (κ1) is 20.2. The van der Waals surface area contributed by atoms with E-state index in [2.05, 4.69) is 34.6 Å². The Morgan fingerprint density at radius 3 is 2.50 bits per heavy atom. The molecule has 1 fully saturated rings. The lowest BCUT2D eigenvalue weighted by atomic mass is 9.93. The molecule has 2 aliphatic heterocycles. The largest absolute Gasteiger partial charge is 0.459 e. The van der Waals surface area contributed by atoms with Crippen LogP contribution in [-0.4, -0.2) is 31.2 Å². The van der Waals surface area contributed by atoms with Gasteiger partial charge in [-0.15, -0.1) is 0 Å². The maximum Gasteiger partial charge on any atom is 0.338 e. The van der Waals surface area contributed by atoms with Crippen LogP contribution in [0, 0.1) is 0 Å². The predicted molar refractivity (Wildman–Crippen MR) is 110 cm³/mol. The van der Waals surface area contributed by atoms with Crippen molar-refractivity contribution in [3.8, 4) is 0 Å². The Kier molecular flexibility index (Phi) is 6.60. The Morgan fingerprint density at radius 2 is 1.89 bits per heavy atom. The number of rotatable bonds is 7. The lowest BCUT2D eigenvalue weighted by Gasteiger charge is -2.30. The second-order valence-electron chi connectivity index (χ2n) is 7.77. The van der Waals surface area contributed by atoms with Crippen molar-refractivity contribution in [3.05, 3.63) is 41.1 Å². The van der Waals surface area contributed by atoms with Gasteiger partial charge in [-0.05, 0) is 57.2 Å². The number of nitrogens with one attached hydrogen (secondary N) is 2. The standard InChI is InChI=1S/C22H31N3O3/c1-4-5-8-18-19(21(26)28-15(2)3)20(24-22(27)23-18)16-9-11-17(12-10-16)25-13-6-7-14-25/h9-12,15,20H,4-8,13-14H2,1-3H3,(H2,23,24,27). The third kappa shape index (κ3) is 4.66. The quantitative estimate of drug-likeness (QED) is 0.695. The summed E-state index contributed by atoms with van der Waals surface area (Å²) in [4.78, 5) is 27.5. The lowest BCUT2D eigenvalue weighted by Crippen LogP contribution is -2.46. The monoisotopic (exact) mass is 385 g/mol. The van der Waals surface area contributed by atoms with Crippen LogP contribution in [0.4, 0.5) is 10.5 Å². The van der Waals surface area contributed by atoms with Crippen LogP contribution >= 0.6 is 0 Å². The zero-order valence-electron chi connectivity index (χ0n) is 17.1. The van der Waals surface area contributed by atoms with E-state index in [1.54, 1.807) is 0 Å². The molecule has 2 amide bonds. The number of anilines is 1. The number of allylic oxidation sites excluding steroid dienone is 1. The Hall–Kier alpha value is -2.50. The van der Waals surface area contributed by atoms with Crippen molar-refractivity contribution in [2.24, 2.45) is 0 Å². The lowest BCUT2D eigenvalue weighted by molar-refractivity contribution is -0.143. The van der Waals surface area contributed by atoms with Gasteiger partial charge in [0.2, 0.25) is 0 Å². The van der Waals surface area contributed by atoms with Crippen molar-refractivity contribution in [1.82, 2.24) is 10.6 Å². The minimum atomic E-state index is -0.500. The van der Waals surface area contributed by atoms with E-state index in [9.17, 15) is 9.59 Å². The Morgan fingerprint density at radius 1 is 1.21 bits per heavy atom. The first-order chi connectivity index (χ1) is 13.5. The fourth-order valence-electron chi connectivity index (χ4n) is 3.79. The van der Waals surface area contributed by atoms with Crippen LogP contribution in [0.5, 0.6) is 0 Å². The van der Waals surface area contributed by atoms with E-state index in [0.717, 1.165) is 31.5 Å². The third-order valence-electron chi connectivity index (χ3n) is 5.19. The number of amides is 2. The molecule has 0 spiro atoms. The maximum absolute atomic E-state index is 12.9. The van der Waals surface area contributed by atoms with Crippen LogP contribution in [0.25, 0.3) is 0 Å². The van der Waals surface area contributed by atoms with Crippen LogP contribution in [0.3, 0.4) is 0 Å². The van der Waals surface area contributed by atoms with E-state index in [4.69, 9.17) is 4.74 Å². The molecule has 1 aromatic rings. The Balaban J connectivity index is 1.92. The van der Waals surface area contributed by atoms with Gasteiger partial charge in [0.25, 0.3) is 0 Å². The maximum atomic E-state index is 12.9. The highest BCUT2D eigenvalue weighted by molar-refractivity contribution is 5.95. The van der Waals surface area contributed by atoms with Gasteiger partial charge in [0, 0.05) is 24.5 Å². The van der Waals surface area contributed by atoms with Gasteiger partial charge in [-0.3, -0.25) is 0 Å². The molecule has 0 saturated carbocycles. The van der Waals surface area contributed by atoms with E-state index in [-0.39, 0.29) is 18.1 Å². The third-order valence-corrected chi connectivity index (χ3v) is 5.19. The van der Waals surface area contributed by atoms with Crippen molar-refractivity contribution < 1.29 is 14.3 Å². The van der Waals surface area contributed by atoms with Crippen molar-refractivity contribution >= 4 is 17.7 Å². The van der Waals surface area contributed by atoms with Crippen LogP contribution in [0.15, 0.2) is 35.5 Å². The minimum absolute atomic E-state index is 0.219. The SMILES string of the molecule is CCCCC1=C(C(=O)OC(C)C)C(c2ccc(N3CCCC3)cc2)NC(=O)N1.